The number of ether oxygens (including phenoxy) is 4. The molecule has 0 bridgehead atoms. The van der Waals surface area contributed by atoms with Gasteiger partial charge in [-0.2, -0.15) is 0 Å². The number of carbonyl (C=O) groups is 1. The normalized spacial score (nSPS) is 11.2. The van der Waals surface area contributed by atoms with Crippen LogP contribution in [0.1, 0.15) is 30.1 Å². The Morgan fingerprint density at radius 1 is 1.00 bits per heavy atom. The van der Waals surface area contributed by atoms with Crippen LogP contribution in [0.5, 0.6) is 28.9 Å². The largest absolute Gasteiger partial charge is 0.497 e. The summed E-state index contributed by atoms with van der Waals surface area (Å²) in [4.78, 5) is 12.8. The molecule has 170 valence electrons. The number of aryl methyl sites for hydroxylation is 1. The van der Waals surface area contributed by atoms with Gasteiger partial charge in [0.15, 0.2) is 17.2 Å². The summed E-state index contributed by atoms with van der Waals surface area (Å²) in [6.45, 7) is 2.68. The summed E-state index contributed by atoms with van der Waals surface area (Å²) in [6, 6.07) is 8.41. The molecule has 0 saturated carbocycles. The van der Waals surface area contributed by atoms with Crippen LogP contribution in [0.3, 0.4) is 0 Å². The smallest absolute Gasteiger partial charge is 0.295 e. The molecule has 32 heavy (non-hydrogen) atoms. The molecule has 0 fully saturated rings. The van der Waals surface area contributed by atoms with Crippen molar-refractivity contribution >= 4 is 22.5 Å². The van der Waals surface area contributed by atoms with E-state index in [4.69, 9.17) is 18.9 Å². The maximum Gasteiger partial charge on any atom is 0.295 e. The predicted octanol–water partition coefficient (Wildman–Crippen LogP) is 5.11. The van der Waals surface area contributed by atoms with E-state index in [1.165, 1.54) is 33.5 Å². The molecule has 1 aromatic heterocycles. The molecule has 3 aromatic rings. The highest BCUT2D eigenvalue weighted by Gasteiger charge is 2.20. The molecule has 0 aliphatic heterocycles. The lowest BCUT2D eigenvalue weighted by Crippen LogP contribution is -2.00. The number of hydrogen-bond donors (Lipinski definition) is 1. The molecule has 1 amide bonds. The van der Waals surface area contributed by atoms with Crippen molar-refractivity contribution in [1.82, 2.24) is 4.57 Å². The molecule has 3 rings (SSSR count). The van der Waals surface area contributed by atoms with Gasteiger partial charge in [0.1, 0.15) is 5.75 Å². The molecule has 0 unspecified atom stereocenters. The van der Waals surface area contributed by atoms with Crippen molar-refractivity contribution in [3.63, 3.8) is 0 Å². The second kappa shape index (κ2) is 10.0. The monoisotopic (exact) mass is 441 g/mol. The Morgan fingerprint density at radius 3 is 2.25 bits per heavy atom. The molecule has 0 aliphatic carbocycles. The minimum Gasteiger partial charge on any atom is -0.497 e. The van der Waals surface area contributed by atoms with Crippen LogP contribution in [0, 0.1) is 0 Å². The van der Waals surface area contributed by atoms with Crippen molar-refractivity contribution in [1.29, 1.82) is 0 Å². The number of nitrogens with zero attached hydrogens (tertiary/aromatic N) is 3. The van der Waals surface area contributed by atoms with Crippen LogP contribution in [0.2, 0.25) is 0 Å². The van der Waals surface area contributed by atoms with Gasteiger partial charge in [0.05, 0.1) is 39.5 Å². The molecular formula is C23H27N3O6. The second-order valence-corrected chi connectivity index (χ2v) is 6.98. The zero-order valence-corrected chi connectivity index (χ0v) is 18.8. The Hall–Kier alpha value is -3.75. The molecule has 2 aromatic carbocycles. The van der Waals surface area contributed by atoms with Crippen LogP contribution in [0.15, 0.2) is 40.6 Å². The summed E-state index contributed by atoms with van der Waals surface area (Å²) in [5.74, 6) is 0.956. The van der Waals surface area contributed by atoms with Gasteiger partial charge < -0.3 is 28.6 Å². The molecule has 0 atom stereocenters. The number of aromatic nitrogens is 1. The van der Waals surface area contributed by atoms with Gasteiger partial charge in [-0.1, -0.05) is 13.3 Å². The number of methoxy groups -OCH3 is 4. The maximum atomic E-state index is 12.8. The minimum absolute atomic E-state index is 0.0526. The van der Waals surface area contributed by atoms with Gasteiger partial charge in [-0.15, -0.1) is 10.2 Å². The van der Waals surface area contributed by atoms with Gasteiger partial charge in [-0.3, -0.25) is 4.79 Å². The lowest BCUT2D eigenvalue weighted by atomic mass is 10.1. The fourth-order valence-corrected chi connectivity index (χ4v) is 3.43. The van der Waals surface area contributed by atoms with Gasteiger partial charge in [0, 0.05) is 11.9 Å². The number of azo groups is 1. The SMILES string of the molecule is CCCCn1c(O)c(N=NC(=O)c2cc(OC)c(OC)c(OC)c2)c2cc(OC)ccc21. The third-order valence-corrected chi connectivity index (χ3v) is 5.10. The van der Waals surface area contributed by atoms with Crippen molar-refractivity contribution in [3.8, 4) is 28.9 Å². The van der Waals surface area contributed by atoms with E-state index < -0.39 is 5.91 Å². The molecule has 0 spiro atoms. The van der Waals surface area contributed by atoms with Crippen molar-refractivity contribution < 1.29 is 28.8 Å². The van der Waals surface area contributed by atoms with Crippen LogP contribution in [-0.4, -0.2) is 44.0 Å². The number of hydrogen-bond acceptors (Lipinski definition) is 7. The van der Waals surface area contributed by atoms with E-state index in [-0.39, 0.29) is 17.1 Å². The van der Waals surface area contributed by atoms with Crippen LogP contribution < -0.4 is 18.9 Å². The Balaban J connectivity index is 2.04. The van der Waals surface area contributed by atoms with Crippen molar-refractivity contribution in [2.24, 2.45) is 10.2 Å². The molecule has 0 radical (unpaired) electrons. The molecule has 0 saturated heterocycles. The third-order valence-electron chi connectivity index (χ3n) is 5.10. The van der Waals surface area contributed by atoms with E-state index in [9.17, 15) is 9.90 Å². The lowest BCUT2D eigenvalue weighted by molar-refractivity contribution is 0.0994. The number of amides is 1. The van der Waals surface area contributed by atoms with E-state index in [1.54, 1.807) is 17.7 Å². The summed E-state index contributed by atoms with van der Waals surface area (Å²) >= 11 is 0. The number of unbranched alkanes of at least 4 members (excludes halogenated alkanes) is 1. The van der Waals surface area contributed by atoms with Crippen LogP contribution in [-0.2, 0) is 6.54 Å². The molecule has 1 heterocycles. The van der Waals surface area contributed by atoms with Gasteiger partial charge in [0.25, 0.3) is 5.91 Å². The van der Waals surface area contributed by atoms with E-state index in [0.29, 0.717) is 34.9 Å². The zero-order valence-electron chi connectivity index (χ0n) is 18.8. The second-order valence-electron chi connectivity index (χ2n) is 6.98. The first kappa shape index (κ1) is 22.9. The van der Waals surface area contributed by atoms with E-state index in [0.717, 1.165) is 18.4 Å². The first-order valence-corrected chi connectivity index (χ1v) is 10.1. The van der Waals surface area contributed by atoms with Gasteiger partial charge in [-0.25, -0.2) is 0 Å². The van der Waals surface area contributed by atoms with Gasteiger partial charge in [0.2, 0.25) is 11.6 Å². The molecule has 1 N–H and O–H groups in total. The number of benzene rings is 2. The quantitative estimate of drug-likeness (QED) is 0.463. The van der Waals surface area contributed by atoms with Crippen LogP contribution >= 0.6 is 0 Å². The molecule has 9 heteroatoms. The van der Waals surface area contributed by atoms with Crippen molar-refractivity contribution in [3.05, 3.63) is 35.9 Å². The highest BCUT2D eigenvalue weighted by Crippen LogP contribution is 2.41. The lowest BCUT2D eigenvalue weighted by Gasteiger charge is -2.12. The highest BCUT2D eigenvalue weighted by atomic mass is 16.5. The number of aromatic hydroxyl groups is 1. The summed E-state index contributed by atoms with van der Waals surface area (Å²) in [7, 11) is 5.96. The van der Waals surface area contributed by atoms with Gasteiger partial charge >= 0.3 is 0 Å². The zero-order chi connectivity index (χ0) is 23.3. The van der Waals surface area contributed by atoms with Crippen LogP contribution in [0.25, 0.3) is 10.9 Å². The third kappa shape index (κ3) is 4.32. The Labute approximate surface area is 186 Å². The summed E-state index contributed by atoms with van der Waals surface area (Å²) in [5.41, 5.74) is 1.19. The fourth-order valence-electron chi connectivity index (χ4n) is 3.43. The fraction of sp³-hybridized carbons (Fsp3) is 0.348. The number of carbonyl (C=O) groups excluding carboxylic acids is 1. The Kier molecular flexibility index (Phi) is 7.19. The molecule has 9 nitrogen and oxygen atoms in total. The van der Waals surface area contributed by atoms with Crippen molar-refractivity contribution in [2.75, 3.05) is 28.4 Å². The van der Waals surface area contributed by atoms with Crippen LogP contribution in [0.4, 0.5) is 5.69 Å². The summed E-state index contributed by atoms with van der Waals surface area (Å²) < 4.78 is 22.9. The number of fused-ring (bicyclic) bond motifs is 1. The molecule has 0 aliphatic rings. The first-order chi connectivity index (χ1) is 15.5. The molecular weight excluding hydrogens is 414 g/mol. The maximum absolute atomic E-state index is 12.8. The Bertz CT molecular complexity index is 1130. The van der Waals surface area contributed by atoms with E-state index in [1.807, 2.05) is 12.1 Å². The number of rotatable bonds is 9. The van der Waals surface area contributed by atoms with Gasteiger partial charge in [-0.05, 0) is 36.8 Å². The van der Waals surface area contributed by atoms with E-state index >= 15 is 0 Å². The average Bonchev–Trinajstić information content (AvgIpc) is 3.09. The standard InChI is InChI=1S/C23H27N3O6/c1-6-7-10-26-17-9-8-15(29-2)13-16(17)20(23(26)28)24-25-22(27)14-11-18(30-3)21(32-5)19(12-14)31-4/h8-9,11-13,28H,6-7,10H2,1-5H3. The topological polar surface area (TPSA) is 104 Å². The minimum atomic E-state index is -0.624. The van der Waals surface area contributed by atoms with E-state index in [2.05, 4.69) is 17.2 Å². The average molecular weight is 441 g/mol. The summed E-state index contributed by atoms with van der Waals surface area (Å²) in [5, 5.41) is 19.4. The predicted molar refractivity (Wildman–Crippen MR) is 120 cm³/mol. The highest BCUT2D eigenvalue weighted by molar-refractivity contribution is 5.98. The van der Waals surface area contributed by atoms with Crippen molar-refractivity contribution in [2.45, 2.75) is 26.3 Å². The Morgan fingerprint density at radius 2 is 1.69 bits per heavy atom. The first-order valence-electron chi connectivity index (χ1n) is 10.1. The summed E-state index contributed by atoms with van der Waals surface area (Å²) in [6.07, 6.45) is 1.84.